The second kappa shape index (κ2) is 6.96. The predicted molar refractivity (Wildman–Crippen MR) is 101 cm³/mol. The van der Waals surface area contributed by atoms with Crippen molar-refractivity contribution in [3.63, 3.8) is 0 Å². The van der Waals surface area contributed by atoms with Gasteiger partial charge in [-0.15, -0.1) is 0 Å². The number of aliphatic hydroxyl groups is 1. The van der Waals surface area contributed by atoms with E-state index in [9.17, 15) is 19.5 Å². The van der Waals surface area contributed by atoms with Gasteiger partial charge in [-0.2, -0.15) is 9.69 Å². The van der Waals surface area contributed by atoms with Gasteiger partial charge >= 0.3 is 5.69 Å². The van der Waals surface area contributed by atoms with Crippen molar-refractivity contribution in [1.29, 1.82) is 0 Å². The van der Waals surface area contributed by atoms with Gasteiger partial charge < -0.3 is 5.11 Å². The van der Waals surface area contributed by atoms with E-state index < -0.39 is 0 Å². The summed E-state index contributed by atoms with van der Waals surface area (Å²) >= 11 is 0. The molecule has 1 aliphatic carbocycles. The second-order valence-electron chi connectivity index (χ2n) is 7.72. The Hall–Kier alpha value is -2.41. The Kier molecular flexibility index (Phi) is 4.63. The number of rotatable bonds is 3. The highest BCUT2D eigenvalue weighted by atomic mass is 16.3. The molecule has 1 aromatic heterocycles. The number of imidazole rings is 1. The largest absolute Gasteiger partial charge is 0.396 e. The number of aromatic nitrogens is 2. The maximum atomic E-state index is 13.0. The average Bonchev–Trinajstić information content (AvgIpc) is 2.93. The second-order valence-corrected chi connectivity index (χ2v) is 7.72. The Balaban J connectivity index is 1.82. The lowest BCUT2D eigenvalue weighted by molar-refractivity contribution is -0.131. The van der Waals surface area contributed by atoms with Crippen molar-refractivity contribution in [1.82, 2.24) is 9.24 Å². The van der Waals surface area contributed by atoms with Crippen molar-refractivity contribution in [3.05, 3.63) is 34.2 Å². The van der Waals surface area contributed by atoms with Crippen LogP contribution in [-0.4, -0.2) is 32.8 Å². The fourth-order valence-corrected chi connectivity index (χ4v) is 4.57. The van der Waals surface area contributed by atoms with Gasteiger partial charge in [0.2, 0.25) is 11.8 Å². The number of carbonyl (C=O) groups is 2. The number of hydrogen-bond acceptors (Lipinski definition) is 4. The fraction of sp³-hybridized carbons (Fsp3) is 0.550. The topological polar surface area (TPSA) is 84.5 Å². The highest BCUT2D eigenvalue weighted by Gasteiger charge is 2.32. The zero-order valence-corrected chi connectivity index (χ0v) is 15.6. The molecule has 7 heteroatoms. The zero-order valence-electron chi connectivity index (χ0n) is 15.6. The average molecular weight is 371 g/mol. The summed E-state index contributed by atoms with van der Waals surface area (Å²) in [7, 11) is 1.70. The molecule has 1 aliphatic heterocycles. The number of piperidine rings is 1. The molecule has 1 saturated carbocycles. The van der Waals surface area contributed by atoms with Crippen molar-refractivity contribution < 1.29 is 14.7 Å². The van der Waals surface area contributed by atoms with E-state index in [-0.39, 0.29) is 37.0 Å². The number of nitrogens with zero attached hydrogens (tertiary/aromatic N) is 3. The molecule has 2 heterocycles. The molecule has 4 rings (SSSR count). The van der Waals surface area contributed by atoms with E-state index in [1.165, 1.54) is 4.68 Å². The van der Waals surface area contributed by atoms with E-state index in [0.29, 0.717) is 23.8 Å². The molecule has 2 amide bonds. The number of carbonyl (C=O) groups excluding carboxylic acids is 2. The van der Waals surface area contributed by atoms with Crippen LogP contribution in [0.15, 0.2) is 23.0 Å². The number of imide groups is 1. The SMILES string of the molecule is Cn1c(=O)n(N2C(=O)CCCC2=O)c2cccc(C3CCC(CO)CC3)c21. The summed E-state index contributed by atoms with van der Waals surface area (Å²) in [5.41, 5.74) is 2.11. The van der Waals surface area contributed by atoms with Crippen molar-refractivity contribution in [2.75, 3.05) is 11.6 Å². The van der Waals surface area contributed by atoms with E-state index in [4.69, 9.17) is 0 Å². The lowest BCUT2D eigenvalue weighted by atomic mass is 9.78. The first kappa shape index (κ1) is 18.0. The van der Waals surface area contributed by atoms with Crippen LogP contribution in [0.25, 0.3) is 11.0 Å². The normalized spacial score (nSPS) is 24.0. The van der Waals surface area contributed by atoms with Crippen LogP contribution in [0.4, 0.5) is 0 Å². The molecule has 0 spiro atoms. The fourth-order valence-electron chi connectivity index (χ4n) is 4.57. The van der Waals surface area contributed by atoms with Gasteiger partial charge in [-0.25, -0.2) is 4.79 Å². The van der Waals surface area contributed by atoms with E-state index in [1.54, 1.807) is 17.7 Å². The van der Waals surface area contributed by atoms with Crippen molar-refractivity contribution in [3.8, 4) is 0 Å². The Morgan fingerprint density at radius 2 is 1.70 bits per heavy atom. The van der Waals surface area contributed by atoms with Gasteiger partial charge in [-0.05, 0) is 55.6 Å². The lowest BCUT2D eigenvalue weighted by Gasteiger charge is -2.28. The Bertz CT molecular complexity index is 934. The Morgan fingerprint density at radius 3 is 2.33 bits per heavy atom. The van der Waals surface area contributed by atoms with Crippen LogP contribution in [0.3, 0.4) is 0 Å². The maximum absolute atomic E-state index is 13.0. The molecular weight excluding hydrogens is 346 g/mol. The zero-order chi connectivity index (χ0) is 19.1. The van der Waals surface area contributed by atoms with Gasteiger partial charge in [0, 0.05) is 26.5 Å². The van der Waals surface area contributed by atoms with Crippen molar-refractivity contribution >= 4 is 22.8 Å². The lowest BCUT2D eigenvalue weighted by Crippen LogP contribution is -2.52. The van der Waals surface area contributed by atoms with E-state index >= 15 is 0 Å². The van der Waals surface area contributed by atoms with Gasteiger partial charge in [0.25, 0.3) is 0 Å². The smallest absolute Gasteiger partial charge is 0.348 e. The van der Waals surface area contributed by atoms with Gasteiger partial charge in [0.05, 0.1) is 11.0 Å². The van der Waals surface area contributed by atoms with Crippen LogP contribution in [-0.2, 0) is 16.6 Å². The predicted octanol–water partition coefficient (Wildman–Crippen LogP) is 1.78. The molecule has 2 aromatic rings. The number of fused-ring (bicyclic) bond motifs is 1. The summed E-state index contributed by atoms with van der Waals surface area (Å²) < 4.78 is 2.81. The van der Waals surface area contributed by atoms with Crippen LogP contribution < -0.4 is 10.7 Å². The van der Waals surface area contributed by atoms with Crippen LogP contribution in [0, 0.1) is 5.92 Å². The molecule has 0 bridgehead atoms. The summed E-state index contributed by atoms with van der Waals surface area (Å²) in [6.07, 6.45) is 4.95. The van der Waals surface area contributed by atoms with Crippen LogP contribution in [0.2, 0.25) is 0 Å². The van der Waals surface area contributed by atoms with Crippen LogP contribution in [0.1, 0.15) is 56.4 Å². The third-order valence-corrected chi connectivity index (χ3v) is 6.08. The molecule has 27 heavy (non-hydrogen) atoms. The third-order valence-electron chi connectivity index (χ3n) is 6.08. The molecule has 0 radical (unpaired) electrons. The molecule has 1 N–H and O–H groups in total. The Labute approximate surface area is 157 Å². The van der Waals surface area contributed by atoms with Gasteiger partial charge in [-0.3, -0.25) is 14.2 Å². The monoisotopic (exact) mass is 371 g/mol. The van der Waals surface area contributed by atoms with Crippen molar-refractivity contribution in [2.24, 2.45) is 13.0 Å². The molecule has 1 aromatic carbocycles. The van der Waals surface area contributed by atoms with Crippen LogP contribution in [0.5, 0.6) is 0 Å². The van der Waals surface area contributed by atoms with Crippen molar-refractivity contribution in [2.45, 2.75) is 50.9 Å². The maximum Gasteiger partial charge on any atom is 0.348 e. The summed E-state index contributed by atoms with van der Waals surface area (Å²) in [5.74, 6) is 0.0209. The quantitative estimate of drug-likeness (QED) is 0.834. The van der Waals surface area contributed by atoms with Crippen LogP contribution >= 0.6 is 0 Å². The summed E-state index contributed by atoms with van der Waals surface area (Å²) in [6.45, 7) is 0.227. The number of amides is 2. The van der Waals surface area contributed by atoms with E-state index in [2.05, 4.69) is 0 Å². The van der Waals surface area contributed by atoms with Gasteiger partial charge in [0.15, 0.2) is 0 Å². The van der Waals surface area contributed by atoms with E-state index in [0.717, 1.165) is 41.8 Å². The first-order valence-electron chi connectivity index (χ1n) is 9.70. The minimum absolute atomic E-state index is 0.227. The molecule has 2 aliphatic rings. The van der Waals surface area contributed by atoms with Gasteiger partial charge in [0.1, 0.15) is 0 Å². The Morgan fingerprint density at radius 1 is 1.04 bits per heavy atom. The summed E-state index contributed by atoms with van der Waals surface area (Å²) in [5, 5.41) is 10.4. The number of benzene rings is 1. The number of para-hydroxylation sites is 1. The highest BCUT2D eigenvalue weighted by molar-refractivity contribution is 6.11. The standard InChI is InChI=1S/C20H25N3O4/c1-21-19-15(14-10-8-13(12-24)9-11-14)4-2-5-16(19)22(20(21)27)23-17(25)6-3-7-18(23)26/h2,4-5,13-14,24H,3,6-12H2,1H3. The minimum atomic E-state index is -0.370. The molecule has 0 atom stereocenters. The molecule has 144 valence electrons. The molecule has 0 unspecified atom stereocenters. The van der Waals surface area contributed by atoms with Gasteiger partial charge in [-0.1, -0.05) is 12.1 Å². The number of hydrogen-bond donors (Lipinski definition) is 1. The molecule has 7 nitrogen and oxygen atoms in total. The minimum Gasteiger partial charge on any atom is -0.396 e. The highest BCUT2D eigenvalue weighted by Crippen LogP contribution is 2.38. The molecular formula is C20H25N3O4. The summed E-state index contributed by atoms with van der Waals surface area (Å²) in [4.78, 5) is 37.7. The first-order chi connectivity index (χ1) is 13.0. The first-order valence-corrected chi connectivity index (χ1v) is 9.70. The molecule has 2 fully saturated rings. The number of aryl methyl sites for hydroxylation is 1. The molecule has 1 saturated heterocycles. The number of aliphatic hydroxyl groups excluding tert-OH is 1. The van der Waals surface area contributed by atoms with E-state index in [1.807, 2.05) is 12.1 Å². The third kappa shape index (κ3) is 2.90. The summed E-state index contributed by atoms with van der Waals surface area (Å²) in [6, 6.07) is 5.73.